The summed E-state index contributed by atoms with van der Waals surface area (Å²) in [5.74, 6) is 0. The molecule has 0 spiro atoms. The lowest BCUT2D eigenvalue weighted by atomic mass is 11.0. The van der Waals surface area contributed by atoms with Crippen LogP contribution < -0.4 is 0 Å². The van der Waals surface area contributed by atoms with Gasteiger partial charge in [-0.1, -0.05) is 4.63 Å². The minimum absolute atomic E-state index is 1.15. The summed E-state index contributed by atoms with van der Waals surface area (Å²) in [6.07, 6.45) is 3.00. The van der Waals surface area contributed by atoms with Gasteiger partial charge in [0, 0.05) is 0 Å². The average molecular weight is 132 g/mol. The van der Waals surface area contributed by atoms with Gasteiger partial charge in [0.15, 0.2) is 0 Å². The number of hydrogen-bond acceptors (Lipinski definition) is 4. The molecule has 1 rings (SSSR count). The molecule has 0 unspecified atom stereocenters. The van der Waals surface area contributed by atoms with Gasteiger partial charge in [-0.3, -0.25) is 0 Å². The van der Waals surface area contributed by atoms with Gasteiger partial charge in [0.1, 0.15) is 0 Å². The molecule has 42 valence electrons. The van der Waals surface area contributed by atoms with Gasteiger partial charge in [0.2, 0.25) is 0 Å². The molecule has 0 aliphatic rings. The summed E-state index contributed by atoms with van der Waals surface area (Å²) in [4.78, 5) is 1.15. The molecule has 0 atom stereocenters. The van der Waals surface area contributed by atoms with Crippen LogP contribution in [0.3, 0.4) is 0 Å². The second kappa shape index (κ2) is 2.37. The van der Waals surface area contributed by atoms with E-state index < -0.39 is 0 Å². The third-order valence-corrected chi connectivity index (χ3v) is 0.603. The summed E-state index contributed by atoms with van der Waals surface area (Å²) >= 11 is 4.86. The molecular formula is C2H2ClN5. The Morgan fingerprint density at radius 3 is 3.00 bits per heavy atom. The summed E-state index contributed by atoms with van der Waals surface area (Å²) in [6.45, 7) is 0. The van der Waals surface area contributed by atoms with Gasteiger partial charge in [0.05, 0.1) is 24.2 Å². The summed E-state index contributed by atoms with van der Waals surface area (Å²) in [6, 6.07) is 0. The van der Waals surface area contributed by atoms with Crippen molar-refractivity contribution in [3.63, 3.8) is 0 Å². The van der Waals surface area contributed by atoms with E-state index in [4.69, 9.17) is 11.8 Å². The third kappa shape index (κ3) is 1.00. The van der Waals surface area contributed by atoms with Crippen LogP contribution in [0, 0.1) is 0 Å². The van der Waals surface area contributed by atoms with Crippen molar-refractivity contribution in [2.45, 2.75) is 0 Å². The van der Waals surface area contributed by atoms with Crippen LogP contribution in [0.25, 0.3) is 0 Å². The first-order valence-corrected chi connectivity index (χ1v) is 2.16. The Morgan fingerprint density at radius 2 is 2.50 bits per heavy atom. The van der Waals surface area contributed by atoms with E-state index in [2.05, 4.69) is 20.2 Å². The van der Waals surface area contributed by atoms with Crippen molar-refractivity contribution in [2.24, 2.45) is 9.86 Å². The molecule has 1 aromatic rings. The van der Waals surface area contributed by atoms with Crippen LogP contribution in [0.4, 0.5) is 0 Å². The molecule has 1 aromatic heterocycles. The highest BCUT2D eigenvalue weighted by Gasteiger charge is 1.79. The minimum Gasteiger partial charge on any atom is -0.137 e. The zero-order valence-electron chi connectivity index (χ0n) is 3.77. The van der Waals surface area contributed by atoms with Gasteiger partial charge in [-0.2, -0.15) is 0 Å². The lowest BCUT2D eigenvalue weighted by Crippen LogP contribution is -1.85. The SMILES string of the molecule is Cl/N=N/n1ccnn1. The highest BCUT2D eigenvalue weighted by Crippen LogP contribution is 1.82. The fourth-order valence-corrected chi connectivity index (χ4v) is 0.354. The summed E-state index contributed by atoms with van der Waals surface area (Å²) in [7, 11) is 0. The first-order chi connectivity index (χ1) is 3.93. The number of halogens is 1. The maximum absolute atomic E-state index is 4.86. The number of rotatable bonds is 1. The molecule has 0 aromatic carbocycles. The second-order valence-electron chi connectivity index (χ2n) is 0.988. The molecule has 8 heavy (non-hydrogen) atoms. The van der Waals surface area contributed by atoms with Gasteiger partial charge in [-0.05, 0) is 10.4 Å². The minimum atomic E-state index is 1.15. The Labute approximate surface area is 50.1 Å². The molecule has 0 saturated heterocycles. The van der Waals surface area contributed by atoms with Crippen LogP contribution in [-0.2, 0) is 0 Å². The first-order valence-electron chi connectivity index (χ1n) is 1.82. The predicted molar refractivity (Wildman–Crippen MR) is 26.1 cm³/mol. The van der Waals surface area contributed by atoms with Crippen molar-refractivity contribution in [1.82, 2.24) is 15.1 Å². The zero-order chi connectivity index (χ0) is 5.82. The van der Waals surface area contributed by atoms with E-state index in [9.17, 15) is 0 Å². The highest BCUT2D eigenvalue weighted by molar-refractivity contribution is 6.13. The zero-order valence-corrected chi connectivity index (χ0v) is 4.52. The Hall–Kier alpha value is -0.970. The Balaban J connectivity index is 2.77. The summed E-state index contributed by atoms with van der Waals surface area (Å²) in [5.41, 5.74) is 0. The van der Waals surface area contributed by atoms with Crippen LogP contribution in [-0.4, -0.2) is 15.1 Å². The largest absolute Gasteiger partial charge is 0.137 e. The Bertz CT molecular complexity index is 167. The van der Waals surface area contributed by atoms with E-state index >= 15 is 0 Å². The van der Waals surface area contributed by atoms with Crippen molar-refractivity contribution in [2.75, 3.05) is 0 Å². The van der Waals surface area contributed by atoms with E-state index in [0.717, 1.165) is 4.79 Å². The topological polar surface area (TPSA) is 55.4 Å². The van der Waals surface area contributed by atoms with Crippen LogP contribution >= 0.6 is 11.8 Å². The Kier molecular flexibility index (Phi) is 1.53. The van der Waals surface area contributed by atoms with Crippen molar-refractivity contribution in [3.05, 3.63) is 12.4 Å². The van der Waals surface area contributed by atoms with Crippen molar-refractivity contribution in [1.29, 1.82) is 0 Å². The molecule has 0 amide bonds. The summed E-state index contributed by atoms with van der Waals surface area (Å²) < 4.78 is 2.94. The van der Waals surface area contributed by atoms with Crippen LogP contribution in [0.5, 0.6) is 0 Å². The van der Waals surface area contributed by atoms with E-state index in [-0.39, 0.29) is 0 Å². The van der Waals surface area contributed by atoms with Crippen molar-refractivity contribution >= 4 is 11.8 Å². The molecule has 0 aliphatic carbocycles. The molecule has 5 nitrogen and oxygen atoms in total. The second-order valence-corrected chi connectivity index (χ2v) is 1.14. The van der Waals surface area contributed by atoms with E-state index in [1.54, 1.807) is 0 Å². The van der Waals surface area contributed by atoms with E-state index in [1.807, 2.05) is 0 Å². The molecule has 0 fully saturated rings. The number of hydrogen-bond donors (Lipinski definition) is 0. The van der Waals surface area contributed by atoms with Gasteiger partial charge in [-0.15, -0.1) is 9.89 Å². The number of nitrogens with zero attached hydrogens (tertiary/aromatic N) is 5. The third-order valence-electron chi connectivity index (χ3n) is 0.535. The van der Waals surface area contributed by atoms with Crippen molar-refractivity contribution < 1.29 is 0 Å². The monoisotopic (exact) mass is 131 g/mol. The van der Waals surface area contributed by atoms with E-state index in [1.165, 1.54) is 12.4 Å². The molecule has 0 radical (unpaired) electrons. The smallest absolute Gasteiger partial charge is 0.0733 e. The van der Waals surface area contributed by atoms with Crippen LogP contribution in [0.2, 0.25) is 0 Å². The summed E-state index contributed by atoms with van der Waals surface area (Å²) in [5, 5.41) is 10.2. The molecule has 1 heterocycles. The fourth-order valence-electron chi connectivity index (χ4n) is 0.284. The normalized spacial score (nSPS) is 10.6. The van der Waals surface area contributed by atoms with Crippen LogP contribution in [0.15, 0.2) is 22.3 Å². The lowest BCUT2D eigenvalue weighted by Gasteiger charge is -1.77. The molecule has 6 heteroatoms. The fraction of sp³-hybridized carbons (Fsp3) is 0. The van der Waals surface area contributed by atoms with E-state index in [0.29, 0.717) is 0 Å². The maximum atomic E-state index is 4.86. The van der Waals surface area contributed by atoms with Gasteiger partial charge < -0.3 is 0 Å². The molecule has 0 saturated carbocycles. The quantitative estimate of drug-likeness (QED) is 0.526. The average Bonchev–Trinajstić information content (AvgIpc) is 2.19. The molecule has 0 bridgehead atoms. The van der Waals surface area contributed by atoms with Crippen molar-refractivity contribution in [3.8, 4) is 0 Å². The highest BCUT2D eigenvalue weighted by atomic mass is 35.5. The maximum Gasteiger partial charge on any atom is 0.0733 e. The van der Waals surface area contributed by atoms with Crippen LogP contribution in [0.1, 0.15) is 0 Å². The standard InChI is InChI=1S/C2H2ClN5/c3-5-7-8-2-1-4-6-8/h1-2H/b7-5+. The van der Waals surface area contributed by atoms with Gasteiger partial charge >= 0.3 is 0 Å². The first kappa shape index (κ1) is 5.17. The van der Waals surface area contributed by atoms with Gasteiger partial charge in [0.25, 0.3) is 0 Å². The molecule has 0 N–H and O–H groups in total. The molecular weight excluding hydrogens is 130 g/mol. The predicted octanol–water partition coefficient (Wildman–Crippen LogP) is 0.647. The van der Waals surface area contributed by atoms with Gasteiger partial charge in [-0.25, -0.2) is 0 Å². The Morgan fingerprint density at radius 1 is 1.62 bits per heavy atom. The number of aromatic nitrogens is 3. The lowest BCUT2D eigenvalue weighted by molar-refractivity contribution is 0.661. The molecule has 0 aliphatic heterocycles.